The number of hydrogen-bond donors (Lipinski definition) is 0. The Morgan fingerprint density at radius 2 is 1.77 bits per heavy atom. The first-order valence-electron chi connectivity index (χ1n) is 8.04. The molecule has 2 atom stereocenters. The van der Waals surface area contributed by atoms with Crippen LogP contribution in [-0.4, -0.2) is 24.6 Å². The van der Waals surface area contributed by atoms with E-state index in [1.807, 2.05) is 6.92 Å². The third-order valence-electron chi connectivity index (χ3n) is 3.29. The lowest BCUT2D eigenvalue weighted by Crippen LogP contribution is -2.15. The van der Waals surface area contributed by atoms with Crippen molar-refractivity contribution < 1.29 is 19.1 Å². The number of esters is 2. The molecule has 22 heavy (non-hydrogen) atoms. The molecule has 0 radical (unpaired) electrons. The van der Waals surface area contributed by atoms with Gasteiger partial charge in [-0.1, -0.05) is 46.0 Å². The minimum Gasteiger partial charge on any atom is -0.462 e. The summed E-state index contributed by atoms with van der Waals surface area (Å²) in [7, 11) is 0. The van der Waals surface area contributed by atoms with Crippen molar-refractivity contribution in [3.05, 3.63) is 12.2 Å². The molecule has 0 aromatic heterocycles. The summed E-state index contributed by atoms with van der Waals surface area (Å²) in [4.78, 5) is 23.1. The lowest BCUT2D eigenvalue weighted by Gasteiger charge is -2.13. The topological polar surface area (TPSA) is 52.6 Å². The molecule has 0 fully saturated rings. The van der Waals surface area contributed by atoms with Crippen molar-refractivity contribution >= 4 is 11.9 Å². The second-order valence-electron chi connectivity index (χ2n) is 5.11. The molecule has 0 aromatic carbocycles. The van der Waals surface area contributed by atoms with Crippen LogP contribution < -0.4 is 0 Å². The number of rotatable bonds is 10. The highest BCUT2D eigenvalue weighted by Crippen LogP contribution is 2.12. The quantitative estimate of drug-likeness (QED) is 0.351. The van der Waals surface area contributed by atoms with Crippen LogP contribution in [0.25, 0.3) is 0 Å². The van der Waals surface area contributed by atoms with Gasteiger partial charge < -0.3 is 9.47 Å². The SMILES string of the molecule is CC#CC(CC)OC(=O)/C=C/C(=O)OCC(CC)CCCC. The Morgan fingerprint density at radius 1 is 1.09 bits per heavy atom. The van der Waals surface area contributed by atoms with E-state index in [1.54, 1.807) is 6.92 Å². The fraction of sp³-hybridized carbons (Fsp3) is 0.667. The molecule has 0 spiro atoms. The van der Waals surface area contributed by atoms with Gasteiger partial charge in [0.05, 0.1) is 6.61 Å². The highest BCUT2D eigenvalue weighted by molar-refractivity contribution is 5.91. The normalized spacial score (nSPS) is 13.1. The van der Waals surface area contributed by atoms with Crippen LogP contribution in [0.4, 0.5) is 0 Å². The molecule has 4 heteroatoms. The standard InChI is InChI=1S/C18H28O4/c1-5-9-11-15(7-3)14-21-17(19)12-13-18(20)22-16(8-4)10-6-2/h12-13,15-16H,5,7-9,11,14H2,1-4H3/b13-12+. The van der Waals surface area contributed by atoms with Crippen LogP contribution in [0.15, 0.2) is 12.2 Å². The molecule has 0 rings (SSSR count). The van der Waals surface area contributed by atoms with Crippen molar-refractivity contribution in [2.75, 3.05) is 6.61 Å². The Bertz CT molecular complexity index is 415. The Kier molecular flexibility index (Phi) is 11.9. The Hall–Kier alpha value is -1.76. The fourth-order valence-electron chi connectivity index (χ4n) is 1.84. The van der Waals surface area contributed by atoms with E-state index in [9.17, 15) is 9.59 Å². The van der Waals surface area contributed by atoms with E-state index >= 15 is 0 Å². The molecule has 0 aliphatic carbocycles. The molecule has 0 saturated heterocycles. The molecule has 0 aromatic rings. The van der Waals surface area contributed by atoms with Crippen LogP contribution in [0.5, 0.6) is 0 Å². The first-order chi connectivity index (χ1) is 10.6. The van der Waals surface area contributed by atoms with Crippen LogP contribution in [0.1, 0.15) is 59.8 Å². The molecule has 0 bridgehead atoms. The van der Waals surface area contributed by atoms with Crippen molar-refractivity contribution in [2.45, 2.75) is 65.9 Å². The van der Waals surface area contributed by atoms with Crippen molar-refractivity contribution in [1.82, 2.24) is 0 Å². The summed E-state index contributed by atoms with van der Waals surface area (Å²) in [5.41, 5.74) is 0. The number of unbranched alkanes of at least 4 members (excludes halogenated alkanes) is 1. The van der Waals surface area contributed by atoms with Crippen molar-refractivity contribution in [1.29, 1.82) is 0 Å². The lowest BCUT2D eigenvalue weighted by molar-refractivity contribution is -0.142. The summed E-state index contributed by atoms with van der Waals surface area (Å²) >= 11 is 0. The maximum absolute atomic E-state index is 11.6. The van der Waals surface area contributed by atoms with Crippen LogP contribution in [0.2, 0.25) is 0 Å². The molecule has 4 nitrogen and oxygen atoms in total. The molecule has 0 saturated carbocycles. The third kappa shape index (κ3) is 10.0. The predicted octanol–water partition coefficient (Wildman–Crippen LogP) is 3.65. The van der Waals surface area contributed by atoms with Gasteiger partial charge in [-0.05, 0) is 25.7 Å². The number of hydrogen-bond acceptors (Lipinski definition) is 4. The van der Waals surface area contributed by atoms with Gasteiger partial charge in [-0.15, -0.1) is 5.92 Å². The van der Waals surface area contributed by atoms with Crippen molar-refractivity contribution in [3.8, 4) is 11.8 Å². The van der Waals surface area contributed by atoms with E-state index in [1.165, 1.54) is 0 Å². The van der Waals surface area contributed by atoms with Crippen LogP contribution in [-0.2, 0) is 19.1 Å². The summed E-state index contributed by atoms with van der Waals surface area (Å²) in [5.74, 6) is 4.77. The van der Waals surface area contributed by atoms with E-state index in [2.05, 4.69) is 25.7 Å². The molecule has 0 heterocycles. The molecule has 2 unspecified atom stereocenters. The van der Waals surface area contributed by atoms with E-state index in [0.717, 1.165) is 37.8 Å². The van der Waals surface area contributed by atoms with Gasteiger partial charge in [0.1, 0.15) is 0 Å². The van der Waals surface area contributed by atoms with Crippen LogP contribution >= 0.6 is 0 Å². The van der Waals surface area contributed by atoms with Crippen LogP contribution in [0.3, 0.4) is 0 Å². The molecule has 124 valence electrons. The maximum atomic E-state index is 11.6. The summed E-state index contributed by atoms with van der Waals surface area (Å²) in [6.07, 6.45) is 6.69. The van der Waals surface area contributed by atoms with Crippen molar-refractivity contribution in [2.24, 2.45) is 5.92 Å². The lowest BCUT2D eigenvalue weighted by atomic mass is 10.0. The third-order valence-corrected chi connectivity index (χ3v) is 3.29. The molecular formula is C18H28O4. The smallest absolute Gasteiger partial charge is 0.332 e. The van der Waals surface area contributed by atoms with E-state index < -0.39 is 18.0 Å². The van der Waals surface area contributed by atoms with Crippen molar-refractivity contribution in [3.63, 3.8) is 0 Å². The van der Waals surface area contributed by atoms with Gasteiger partial charge in [0.2, 0.25) is 0 Å². The number of carbonyl (C=O) groups is 2. The molecule has 0 amide bonds. The van der Waals surface area contributed by atoms with Gasteiger partial charge >= 0.3 is 11.9 Å². The maximum Gasteiger partial charge on any atom is 0.332 e. The molecule has 0 aliphatic heterocycles. The van der Waals surface area contributed by atoms with Gasteiger partial charge in [0, 0.05) is 12.2 Å². The van der Waals surface area contributed by atoms with Crippen LogP contribution in [0, 0.1) is 17.8 Å². The summed E-state index contributed by atoms with van der Waals surface area (Å²) in [6.45, 7) is 8.18. The van der Waals surface area contributed by atoms with Gasteiger partial charge in [-0.2, -0.15) is 0 Å². The zero-order chi connectivity index (χ0) is 16.8. The second kappa shape index (κ2) is 12.9. The average Bonchev–Trinajstić information content (AvgIpc) is 2.52. The van der Waals surface area contributed by atoms with E-state index in [4.69, 9.17) is 9.47 Å². The molecule has 0 N–H and O–H groups in total. The zero-order valence-corrected chi connectivity index (χ0v) is 14.2. The van der Waals surface area contributed by atoms with Gasteiger partial charge in [-0.25, -0.2) is 9.59 Å². The predicted molar refractivity (Wildman–Crippen MR) is 87.0 cm³/mol. The highest BCUT2D eigenvalue weighted by Gasteiger charge is 2.10. The number of carbonyl (C=O) groups excluding carboxylic acids is 2. The highest BCUT2D eigenvalue weighted by atomic mass is 16.5. The monoisotopic (exact) mass is 308 g/mol. The summed E-state index contributed by atoms with van der Waals surface area (Å²) in [5, 5.41) is 0. The zero-order valence-electron chi connectivity index (χ0n) is 14.2. The second-order valence-corrected chi connectivity index (χ2v) is 5.11. The summed E-state index contributed by atoms with van der Waals surface area (Å²) in [6, 6.07) is 0. The average molecular weight is 308 g/mol. The summed E-state index contributed by atoms with van der Waals surface area (Å²) < 4.78 is 10.2. The Labute approximate surface area is 134 Å². The molecular weight excluding hydrogens is 280 g/mol. The minimum atomic E-state index is -0.579. The first-order valence-corrected chi connectivity index (χ1v) is 8.04. The Balaban J connectivity index is 4.17. The van der Waals surface area contributed by atoms with Gasteiger partial charge in [0.15, 0.2) is 6.10 Å². The molecule has 0 aliphatic rings. The number of ether oxygens (including phenoxy) is 2. The van der Waals surface area contributed by atoms with E-state index in [-0.39, 0.29) is 0 Å². The Morgan fingerprint density at radius 3 is 2.32 bits per heavy atom. The van der Waals surface area contributed by atoms with E-state index in [0.29, 0.717) is 18.9 Å². The largest absolute Gasteiger partial charge is 0.462 e. The fourth-order valence-corrected chi connectivity index (χ4v) is 1.84. The van der Waals surface area contributed by atoms with Gasteiger partial charge in [-0.3, -0.25) is 0 Å². The van der Waals surface area contributed by atoms with Gasteiger partial charge in [0.25, 0.3) is 0 Å². The minimum absolute atomic E-state index is 0.383. The first kappa shape index (κ1) is 20.2.